The van der Waals surface area contributed by atoms with E-state index < -0.39 is 0 Å². The summed E-state index contributed by atoms with van der Waals surface area (Å²) in [6.45, 7) is 4.48. The molecular weight excluding hydrogens is 197 g/mol. The van der Waals surface area contributed by atoms with Crippen molar-refractivity contribution in [2.75, 3.05) is 33.0 Å². The lowest BCUT2D eigenvalue weighted by Gasteiger charge is -2.37. The number of unbranched alkanes of at least 4 members (excludes halogenated alkanes) is 2. The molecule has 0 unspecified atom stereocenters. The maximum Gasteiger partial charge on any atom is 0.0933 e. The average Bonchev–Trinajstić information content (AvgIpc) is 2.26. The van der Waals surface area contributed by atoms with Crippen molar-refractivity contribution in [3.63, 3.8) is 0 Å². The number of morpholine rings is 1. The molecule has 1 saturated heterocycles. The predicted octanol–water partition coefficient (Wildman–Crippen LogP) is 1.21. The molecule has 0 bridgehead atoms. The van der Waals surface area contributed by atoms with E-state index in [1.54, 1.807) is 0 Å². The van der Waals surface area contributed by atoms with E-state index in [2.05, 4.69) is 11.8 Å². The van der Waals surface area contributed by atoms with Gasteiger partial charge in [-0.05, 0) is 32.7 Å². The number of hydrogen-bond acceptors (Lipinski definition) is 3. The maximum atomic E-state index is 11.9. The molecule has 1 aliphatic heterocycles. The highest BCUT2D eigenvalue weighted by Crippen LogP contribution is 2.12. The second kappa shape index (κ2) is 7.14. The van der Waals surface area contributed by atoms with Crippen LogP contribution in [0, 0.1) is 0 Å². The molecule has 4 heteroatoms. The molecule has 0 aromatic rings. The van der Waals surface area contributed by atoms with Gasteiger partial charge < -0.3 is 9.84 Å². The second-order valence-corrected chi connectivity index (χ2v) is 4.23. The Morgan fingerprint density at radius 2 is 2.20 bits per heavy atom. The zero-order valence-electron chi connectivity index (χ0n) is 9.49. The fourth-order valence-electron chi connectivity index (χ4n) is 1.88. The van der Waals surface area contributed by atoms with Crippen LogP contribution in [0.2, 0.25) is 0 Å². The summed E-state index contributed by atoms with van der Waals surface area (Å²) in [5.41, 5.74) is 0. The number of aliphatic hydroxyl groups is 1. The van der Waals surface area contributed by atoms with Crippen LogP contribution in [0.15, 0.2) is 0 Å². The largest absolute Gasteiger partial charge is 0.394 e. The van der Waals surface area contributed by atoms with E-state index in [4.69, 9.17) is 9.84 Å². The van der Waals surface area contributed by atoms with Gasteiger partial charge in [-0.2, -0.15) is 0 Å². The summed E-state index contributed by atoms with van der Waals surface area (Å²) in [5.74, 6) is 0. The molecule has 1 fully saturated rings. The fourth-order valence-corrected chi connectivity index (χ4v) is 1.88. The van der Waals surface area contributed by atoms with Gasteiger partial charge in [-0.25, -0.2) is 0 Å². The van der Waals surface area contributed by atoms with E-state index in [1.165, 1.54) is 0 Å². The first-order valence-corrected chi connectivity index (χ1v) is 5.80. The number of nitrogens with zero attached hydrogens (tertiary/aromatic N) is 1. The van der Waals surface area contributed by atoms with Gasteiger partial charge in [0.05, 0.1) is 26.0 Å². The molecule has 1 N–H and O–H groups in total. The predicted molar refractivity (Wildman–Crippen MR) is 57.7 cm³/mol. The smallest absolute Gasteiger partial charge is 0.0933 e. The summed E-state index contributed by atoms with van der Waals surface area (Å²) in [6.07, 6.45) is 2.61. The van der Waals surface area contributed by atoms with Crippen molar-refractivity contribution in [3.8, 4) is 0 Å². The van der Waals surface area contributed by atoms with Crippen molar-refractivity contribution in [2.45, 2.75) is 38.3 Å². The second-order valence-electron chi connectivity index (χ2n) is 4.23. The van der Waals surface area contributed by atoms with Gasteiger partial charge in [0, 0.05) is 12.6 Å². The Morgan fingerprint density at radius 3 is 2.87 bits per heavy atom. The summed E-state index contributed by atoms with van der Waals surface area (Å²) < 4.78 is 17.3. The highest BCUT2D eigenvalue weighted by molar-refractivity contribution is 4.76. The van der Waals surface area contributed by atoms with E-state index in [0.29, 0.717) is 19.1 Å². The van der Waals surface area contributed by atoms with Crippen LogP contribution in [-0.4, -0.2) is 55.1 Å². The van der Waals surface area contributed by atoms with Gasteiger partial charge in [0.1, 0.15) is 0 Å². The molecule has 0 aromatic carbocycles. The molecule has 1 heterocycles. The Kier molecular flexibility index (Phi) is 6.13. The van der Waals surface area contributed by atoms with Gasteiger partial charge in [0.15, 0.2) is 0 Å². The third-order valence-electron chi connectivity index (χ3n) is 2.92. The molecule has 0 saturated carbocycles. The first kappa shape index (κ1) is 12.9. The molecule has 0 aliphatic carbocycles. The van der Waals surface area contributed by atoms with Crippen molar-refractivity contribution in [1.29, 1.82) is 0 Å². The molecule has 0 radical (unpaired) electrons. The zero-order valence-corrected chi connectivity index (χ0v) is 9.49. The SMILES string of the molecule is C[C@@H]1CO[C@@H](CO)CN1CCCCCF. The molecule has 1 aliphatic rings. The normalized spacial score (nSPS) is 28.2. The van der Waals surface area contributed by atoms with Crippen LogP contribution in [0.3, 0.4) is 0 Å². The summed E-state index contributed by atoms with van der Waals surface area (Å²) in [4.78, 5) is 2.32. The van der Waals surface area contributed by atoms with E-state index in [1.807, 2.05) is 0 Å². The average molecular weight is 219 g/mol. The molecule has 0 aromatic heterocycles. The van der Waals surface area contributed by atoms with Crippen LogP contribution in [-0.2, 0) is 4.74 Å². The minimum absolute atomic E-state index is 0.0395. The van der Waals surface area contributed by atoms with Crippen molar-refractivity contribution in [2.24, 2.45) is 0 Å². The molecule has 1 rings (SSSR count). The van der Waals surface area contributed by atoms with Crippen molar-refractivity contribution >= 4 is 0 Å². The standard InChI is InChI=1S/C11H22FNO2/c1-10-9-15-11(8-14)7-13(10)6-4-2-3-5-12/h10-11,14H,2-9H2,1H3/t10-,11-/m1/s1. The van der Waals surface area contributed by atoms with Crippen LogP contribution in [0.1, 0.15) is 26.2 Å². The number of rotatable bonds is 6. The van der Waals surface area contributed by atoms with Crippen LogP contribution in [0.5, 0.6) is 0 Å². The Balaban J connectivity index is 2.19. The lowest BCUT2D eigenvalue weighted by molar-refractivity contribution is -0.0779. The van der Waals surface area contributed by atoms with E-state index >= 15 is 0 Å². The summed E-state index contributed by atoms with van der Waals surface area (Å²) in [6, 6.07) is 0.415. The first-order valence-electron chi connectivity index (χ1n) is 5.80. The lowest BCUT2D eigenvalue weighted by Crippen LogP contribution is -2.49. The van der Waals surface area contributed by atoms with Gasteiger partial charge in [0.2, 0.25) is 0 Å². The highest BCUT2D eigenvalue weighted by atomic mass is 19.1. The van der Waals surface area contributed by atoms with Crippen molar-refractivity contribution < 1.29 is 14.2 Å². The number of aliphatic hydroxyl groups excluding tert-OH is 1. The number of halogens is 1. The summed E-state index contributed by atoms with van der Waals surface area (Å²) >= 11 is 0. The Labute approximate surface area is 91.2 Å². The molecular formula is C11H22FNO2. The van der Waals surface area contributed by atoms with Gasteiger partial charge >= 0.3 is 0 Å². The monoisotopic (exact) mass is 219 g/mol. The summed E-state index contributed by atoms with van der Waals surface area (Å²) in [7, 11) is 0. The minimum atomic E-state index is -0.210. The quantitative estimate of drug-likeness (QED) is 0.682. The lowest BCUT2D eigenvalue weighted by atomic mass is 10.1. The number of hydrogen-bond donors (Lipinski definition) is 1. The van der Waals surface area contributed by atoms with Crippen LogP contribution < -0.4 is 0 Å². The van der Waals surface area contributed by atoms with Crippen LogP contribution in [0.4, 0.5) is 4.39 Å². The van der Waals surface area contributed by atoms with Gasteiger partial charge in [0.25, 0.3) is 0 Å². The van der Waals surface area contributed by atoms with Crippen molar-refractivity contribution in [1.82, 2.24) is 4.90 Å². The molecule has 0 amide bonds. The molecule has 90 valence electrons. The Bertz CT molecular complexity index is 169. The van der Waals surface area contributed by atoms with E-state index in [-0.39, 0.29) is 19.4 Å². The number of alkyl halides is 1. The fraction of sp³-hybridized carbons (Fsp3) is 1.00. The minimum Gasteiger partial charge on any atom is -0.394 e. The number of ether oxygens (including phenoxy) is 1. The topological polar surface area (TPSA) is 32.7 Å². The zero-order chi connectivity index (χ0) is 11.1. The van der Waals surface area contributed by atoms with Crippen molar-refractivity contribution in [3.05, 3.63) is 0 Å². The maximum absolute atomic E-state index is 11.9. The Morgan fingerprint density at radius 1 is 1.40 bits per heavy atom. The van der Waals surface area contributed by atoms with Gasteiger partial charge in [-0.3, -0.25) is 9.29 Å². The molecule has 3 nitrogen and oxygen atoms in total. The first-order chi connectivity index (χ1) is 7.27. The van der Waals surface area contributed by atoms with Gasteiger partial charge in [-0.1, -0.05) is 0 Å². The summed E-state index contributed by atoms with van der Waals surface area (Å²) in [5, 5.41) is 9.00. The molecule has 0 spiro atoms. The third-order valence-corrected chi connectivity index (χ3v) is 2.92. The van der Waals surface area contributed by atoms with Crippen LogP contribution in [0.25, 0.3) is 0 Å². The van der Waals surface area contributed by atoms with Gasteiger partial charge in [-0.15, -0.1) is 0 Å². The van der Waals surface area contributed by atoms with E-state index in [0.717, 1.165) is 25.9 Å². The van der Waals surface area contributed by atoms with E-state index in [9.17, 15) is 4.39 Å². The third kappa shape index (κ3) is 4.45. The highest BCUT2D eigenvalue weighted by Gasteiger charge is 2.24. The molecule has 2 atom stereocenters. The Hall–Kier alpha value is -0.190. The van der Waals surface area contributed by atoms with Crippen LogP contribution >= 0.6 is 0 Å². The molecule has 15 heavy (non-hydrogen) atoms.